The Bertz CT molecular complexity index is 1650. The molecule has 0 aliphatic carbocycles. The molecule has 0 bridgehead atoms. The van der Waals surface area contributed by atoms with Crippen molar-refractivity contribution in [1.29, 1.82) is 0 Å². The van der Waals surface area contributed by atoms with Crippen LogP contribution in [-0.4, -0.2) is 94.5 Å². The van der Waals surface area contributed by atoms with Crippen LogP contribution in [0.25, 0.3) is 22.2 Å². The van der Waals surface area contributed by atoms with Crippen LogP contribution < -0.4 is 20.5 Å². The summed E-state index contributed by atoms with van der Waals surface area (Å²) in [5.41, 5.74) is 5.79. The van der Waals surface area contributed by atoms with Gasteiger partial charge in [-0.15, -0.1) is 11.6 Å². The third-order valence-corrected chi connectivity index (χ3v) is 8.66. The SMILES string of the molecule is COc1ccc2c(O[C@@H]3C[C@@H](C(N)=O)N(C(=O)C4(NC(=O)OC(C)(C)C)CCN(C(=O)CCl)CC4)C3)cc(-c3ccccc3)nc2c1. The molecule has 47 heavy (non-hydrogen) atoms. The minimum Gasteiger partial charge on any atom is -0.497 e. The second-order valence-corrected chi connectivity index (χ2v) is 13.1. The van der Waals surface area contributed by atoms with Crippen molar-refractivity contribution in [1.82, 2.24) is 20.1 Å². The standard InChI is InChI=1S/C34H40ClN5O7/c1-33(2,3)47-32(44)38-34(12-14-39(15-13-34)29(41)19-35)31(43)40-20-23(17-27(40)30(36)42)46-28-18-25(21-8-6-5-7-9-21)37-26-16-22(45-4)10-11-24(26)28/h5-11,16,18,23,27H,12-15,17,19-20H2,1-4H3,(H2,36,42)(H,38,44)/t23-,27+/m1/s1. The lowest BCUT2D eigenvalue weighted by molar-refractivity contribution is -0.146. The molecular weight excluding hydrogens is 626 g/mol. The number of nitrogens with zero attached hydrogens (tertiary/aromatic N) is 3. The van der Waals surface area contributed by atoms with Crippen molar-refractivity contribution >= 4 is 46.3 Å². The van der Waals surface area contributed by atoms with Gasteiger partial charge in [-0.25, -0.2) is 9.78 Å². The molecule has 12 nitrogen and oxygen atoms in total. The lowest BCUT2D eigenvalue weighted by atomic mass is 9.85. The summed E-state index contributed by atoms with van der Waals surface area (Å²) in [6.45, 7) is 5.55. The molecule has 1 aromatic heterocycles. The average Bonchev–Trinajstić information content (AvgIpc) is 3.47. The van der Waals surface area contributed by atoms with Crippen LogP contribution in [0.3, 0.4) is 0 Å². The molecule has 0 unspecified atom stereocenters. The van der Waals surface area contributed by atoms with Gasteiger partial charge in [0.1, 0.15) is 40.7 Å². The molecule has 5 rings (SSSR count). The maximum Gasteiger partial charge on any atom is 0.408 e. The van der Waals surface area contributed by atoms with Gasteiger partial charge in [0.15, 0.2) is 0 Å². The summed E-state index contributed by atoms with van der Waals surface area (Å²) in [6.07, 6.45) is -1.06. The molecule has 2 aliphatic heterocycles. The average molecular weight is 666 g/mol. The topological polar surface area (TPSA) is 153 Å². The first-order chi connectivity index (χ1) is 22.3. The minimum atomic E-state index is -1.45. The number of hydrogen-bond acceptors (Lipinski definition) is 8. The van der Waals surface area contributed by atoms with Crippen molar-refractivity contribution in [2.75, 3.05) is 32.6 Å². The summed E-state index contributed by atoms with van der Waals surface area (Å²) in [5.74, 6) is -0.501. The molecule has 3 N–H and O–H groups in total. The number of carbonyl (C=O) groups excluding carboxylic acids is 4. The Hall–Kier alpha value is -4.58. The number of likely N-dealkylation sites (tertiary alicyclic amines) is 2. The Morgan fingerprint density at radius 1 is 1.06 bits per heavy atom. The van der Waals surface area contributed by atoms with Gasteiger partial charge in [0.25, 0.3) is 0 Å². The van der Waals surface area contributed by atoms with E-state index in [4.69, 9.17) is 36.5 Å². The van der Waals surface area contributed by atoms with E-state index in [-0.39, 0.29) is 50.7 Å². The number of hydrogen-bond donors (Lipinski definition) is 2. The van der Waals surface area contributed by atoms with Gasteiger partial charge in [0, 0.05) is 42.6 Å². The van der Waals surface area contributed by atoms with Crippen LogP contribution in [0.1, 0.15) is 40.0 Å². The predicted octanol–water partition coefficient (Wildman–Crippen LogP) is 3.87. The smallest absolute Gasteiger partial charge is 0.408 e. The molecule has 2 saturated heterocycles. The number of halogens is 1. The van der Waals surface area contributed by atoms with E-state index in [9.17, 15) is 19.2 Å². The number of primary amides is 1. The van der Waals surface area contributed by atoms with E-state index in [2.05, 4.69) is 5.32 Å². The maximum atomic E-state index is 14.4. The normalized spacial score (nSPS) is 19.3. The summed E-state index contributed by atoms with van der Waals surface area (Å²) < 4.78 is 17.5. The predicted molar refractivity (Wildman–Crippen MR) is 176 cm³/mol. The first-order valence-corrected chi connectivity index (χ1v) is 16.0. The third kappa shape index (κ3) is 7.54. The molecule has 0 spiro atoms. The lowest BCUT2D eigenvalue weighted by Gasteiger charge is -2.43. The summed E-state index contributed by atoms with van der Waals surface area (Å²) in [6, 6.07) is 16.0. The van der Waals surface area contributed by atoms with E-state index in [0.29, 0.717) is 22.7 Å². The van der Waals surface area contributed by atoms with Gasteiger partial charge < -0.3 is 35.1 Å². The van der Waals surface area contributed by atoms with Crippen molar-refractivity contribution in [3.8, 4) is 22.8 Å². The summed E-state index contributed by atoms with van der Waals surface area (Å²) in [4.78, 5) is 60.3. The Kier molecular flexibility index (Phi) is 9.81. The highest BCUT2D eigenvalue weighted by molar-refractivity contribution is 6.27. The molecule has 2 atom stereocenters. The molecule has 3 aromatic rings. The number of alkyl carbamates (subject to hydrolysis) is 1. The first-order valence-electron chi connectivity index (χ1n) is 15.5. The molecule has 0 radical (unpaired) electrons. The number of amides is 4. The van der Waals surface area contributed by atoms with Gasteiger partial charge in [0.05, 0.1) is 24.9 Å². The lowest BCUT2D eigenvalue weighted by Crippen LogP contribution is -2.66. The van der Waals surface area contributed by atoms with Crippen LogP contribution in [0.2, 0.25) is 0 Å². The summed E-state index contributed by atoms with van der Waals surface area (Å²) >= 11 is 5.78. The zero-order valence-electron chi connectivity index (χ0n) is 27.0. The Labute approximate surface area is 278 Å². The number of ether oxygens (including phenoxy) is 3. The molecule has 2 fully saturated rings. The molecule has 4 amide bonds. The van der Waals surface area contributed by atoms with E-state index in [0.717, 1.165) is 10.9 Å². The van der Waals surface area contributed by atoms with E-state index in [1.54, 1.807) is 32.8 Å². The number of aromatic nitrogens is 1. The molecule has 250 valence electrons. The zero-order chi connectivity index (χ0) is 33.9. The molecular formula is C34H40ClN5O7. The van der Waals surface area contributed by atoms with E-state index < -0.39 is 41.2 Å². The number of nitrogens with one attached hydrogen (secondary N) is 1. The molecule has 13 heteroatoms. The van der Waals surface area contributed by atoms with Crippen LogP contribution in [0.5, 0.6) is 11.5 Å². The Morgan fingerprint density at radius 2 is 1.77 bits per heavy atom. The van der Waals surface area contributed by atoms with Crippen LogP contribution in [0.15, 0.2) is 54.6 Å². The largest absolute Gasteiger partial charge is 0.497 e. The number of rotatable bonds is 8. The second-order valence-electron chi connectivity index (χ2n) is 12.8. The number of benzene rings is 2. The fourth-order valence-corrected chi connectivity index (χ4v) is 6.27. The van der Waals surface area contributed by atoms with Gasteiger partial charge >= 0.3 is 6.09 Å². The Morgan fingerprint density at radius 3 is 2.38 bits per heavy atom. The van der Waals surface area contributed by atoms with Crippen molar-refractivity contribution in [3.63, 3.8) is 0 Å². The van der Waals surface area contributed by atoms with Gasteiger partial charge in [-0.1, -0.05) is 30.3 Å². The fraction of sp³-hybridized carbons (Fsp3) is 0.441. The molecule has 3 heterocycles. The number of piperidine rings is 1. The zero-order valence-corrected chi connectivity index (χ0v) is 27.7. The highest BCUT2D eigenvalue weighted by Crippen LogP contribution is 2.36. The number of nitrogens with two attached hydrogens (primary N) is 1. The second kappa shape index (κ2) is 13.6. The molecule has 2 aliphatic rings. The first kappa shape index (κ1) is 33.8. The molecule has 0 saturated carbocycles. The van der Waals surface area contributed by atoms with Gasteiger partial charge in [-0.3, -0.25) is 14.4 Å². The van der Waals surface area contributed by atoms with Crippen LogP contribution in [0.4, 0.5) is 4.79 Å². The third-order valence-electron chi connectivity index (χ3n) is 8.43. The highest BCUT2D eigenvalue weighted by Gasteiger charge is 2.51. The van der Waals surface area contributed by atoms with E-state index >= 15 is 0 Å². The number of methoxy groups -OCH3 is 1. The number of pyridine rings is 1. The van der Waals surface area contributed by atoms with E-state index in [1.165, 1.54) is 4.90 Å². The van der Waals surface area contributed by atoms with Crippen LogP contribution in [-0.2, 0) is 19.1 Å². The van der Waals surface area contributed by atoms with Crippen molar-refractivity contribution in [2.24, 2.45) is 5.73 Å². The summed E-state index contributed by atoms with van der Waals surface area (Å²) in [7, 11) is 1.58. The van der Waals surface area contributed by atoms with Crippen LogP contribution >= 0.6 is 11.6 Å². The maximum absolute atomic E-state index is 14.4. The van der Waals surface area contributed by atoms with Crippen molar-refractivity contribution < 1.29 is 33.4 Å². The van der Waals surface area contributed by atoms with Crippen molar-refractivity contribution in [3.05, 3.63) is 54.6 Å². The van der Waals surface area contributed by atoms with Crippen molar-refractivity contribution in [2.45, 2.75) is 63.3 Å². The fourth-order valence-electron chi connectivity index (χ4n) is 6.10. The van der Waals surface area contributed by atoms with Gasteiger partial charge in [-0.05, 0) is 45.7 Å². The Balaban J connectivity index is 1.45. The minimum absolute atomic E-state index is 0.0369. The van der Waals surface area contributed by atoms with Crippen LogP contribution in [0, 0.1) is 0 Å². The quantitative estimate of drug-likeness (QED) is 0.344. The van der Waals surface area contributed by atoms with E-state index in [1.807, 2.05) is 54.6 Å². The highest BCUT2D eigenvalue weighted by atomic mass is 35.5. The van der Waals surface area contributed by atoms with Gasteiger partial charge in [0.2, 0.25) is 17.7 Å². The number of fused-ring (bicyclic) bond motifs is 1. The van der Waals surface area contributed by atoms with Gasteiger partial charge in [-0.2, -0.15) is 0 Å². The number of carbonyl (C=O) groups is 4. The monoisotopic (exact) mass is 665 g/mol. The molecule has 2 aromatic carbocycles. The number of alkyl halides is 1. The summed E-state index contributed by atoms with van der Waals surface area (Å²) in [5, 5.41) is 3.52.